The number of halogens is 1. The SMILES string of the molecule is O=P([O-])([O-])c1ccc(Br)cc1.[Cu+2]. The van der Waals surface area contributed by atoms with E-state index in [1.54, 1.807) is 0 Å². The molecule has 0 amide bonds. The van der Waals surface area contributed by atoms with Gasteiger partial charge in [-0.1, -0.05) is 28.1 Å². The summed E-state index contributed by atoms with van der Waals surface area (Å²) in [6.45, 7) is 0. The molecule has 0 saturated carbocycles. The summed E-state index contributed by atoms with van der Waals surface area (Å²) in [5.41, 5.74) is 0. The molecule has 12 heavy (non-hydrogen) atoms. The first-order valence-corrected chi connectivity index (χ1v) is 5.12. The van der Waals surface area contributed by atoms with E-state index in [2.05, 4.69) is 15.9 Å². The monoisotopic (exact) mass is 297 g/mol. The van der Waals surface area contributed by atoms with E-state index in [1.165, 1.54) is 24.3 Å². The quantitative estimate of drug-likeness (QED) is 0.541. The maximum Gasteiger partial charge on any atom is 2.00 e. The zero-order chi connectivity index (χ0) is 8.48. The van der Waals surface area contributed by atoms with E-state index in [4.69, 9.17) is 0 Å². The van der Waals surface area contributed by atoms with Crippen molar-refractivity contribution in [3.8, 4) is 0 Å². The van der Waals surface area contributed by atoms with Crippen LogP contribution in [0.2, 0.25) is 0 Å². The fourth-order valence-electron chi connectivity index (χ4n) is 0.624. The summed E-state index contributed by atoms with van der Waals surface area (Å²) in [5, 5.41) is -0.180. The molecular weight excluding hydrogens is 294 g/mol. The zero-order valence-corrected chi connectivity index (χ0v) is 9.08. The van der Waals surface area contributed by atoms with Crippen LogP contribution < -0.4 is 15.1 Å². The largest absolute Gasteiger partial charge is 2.00 e. The Morgan fingerprint density at radius 3 is 1.92 bits per heavy atom. The summed E-state index contributed by atoms with van der Waals surface area (Å²) >= 11 is 3.12. The van der Waals surface area contributed by atoms with E-state index in [9.17, 15) is 14.4 Å². The molecule has 0 atom stereocenters. The maximum atomic E-state index is 10.4. The van der Waals surface area contributed by atoms with Gasteiger partial charge in [0.2, 0.25) is 0 Å². The molecule has 69 valence electrons. The van der Waals surface area contributed by atoms with Gasteiger partial charge in [-0.15, -0.1) is 0 Å². The number of hydrogen-bond acceptors (Lipinski definition) is 3. The zero-order valence-electron chi connectivity index (χ0n) is 5.66. The number of benzene rings is 1. The molecule has 0 aliphatic carbocycles. The Balaban J connectivity index is 0.00000121. The van der Waals surface area contributed by atoms with Crippen molar-refractivity contribution >= 4 is 28.8 Å². The Morgan fingerprint density at radius 1 is 1.17 bits per heavy atom. The first-order valence-electron chi connectivity index (χ1n) is 2.78. The van der Waals surface area contributed by atoms with E-state index in [0.717, 1.165) is 4.47 Å². The fraction of sp³-hybridized carbons (Fsp3) is 0. The smallest absolute Gasteiger partial charge is 0.807 e. The second-order valence-corrected chi connectivity index (χ2v) is 4.40. The summed E-state index contributed by atoms with van der Waals surface area (Å²) < 4.78 is 11.1. The molecule has 6 heteroatoms. The Kier molecular flexibility index (Phi) is 4.70. The van der Waals surface area contributed by atoms with Gasteiger partial charge < -0.3 is 14.4 Å². The van der Waals surface area contributed by atoms with Crippen LogP contribution in [0.25, 0.3) is 0 Å². The van der Waals surface area contributed by atoms with Crippen LogP contribution in [0.3, 0.4) is 0 Å². The molecule has 1 radical (unpaired) electrons. The number of hydrogen-bond donors (Lipinski definition) is 0. The van der Waals surface area contributed by atoms with Gasteiger partial charge in [-0.2, -0.15) is 0 Å². The predicted octanol–water partition coefficient (Wildman–Crippen LogP) is -0.0144. The van der Waals surface area contributed by atoms with Crippen molar-refractivity contribution in [2.24, 2.45) is 0 Å². The van der Waals surface area contributed by atoms with Crippen molar-refractivity contribution in [3.63, 3.8) is 0 Å². The Morgan fingerprint density at radius 2 is 1.58 bits per heavy atom. The van der Waals surface area contributed by atoms with Crippen molar-refractivity contribution in [2.45, 2.75) is 0 Å². The van der Waals surface area contributed by atoms with E-state index in [-0.39, 0.29) is 22.4 Å². The van der Waals surface area contributed by atoms with Gasteiger partial charge in [0.1, 0.15) is 0 Å². The third kappa shape index (κ3) is 3.40. The van der Waals surface area contributed by atoms with E-state index >= 15 is 0 Å². The molecule has 3 nitrogen and oxygen atoms in total. The van der Waals surface area contributed by atoms with Crippen LogP contribution in [0.1, 0.15) is 0 Å². The van der Waals surface area contributed by atoms with Crippen molar-refractivity contribution in [1.29, 1.82) is 0 Å². The van der Waals surface area contributed by atoms with Crippen LogP contribution in [0.5, 0.6) is 0 Å². The molecule has 0 bridgehead atoms. The Labute approximate surface area is 88.9 Å². The van der Waals surface area contributed by atoms with Crippen molar-refractivity contribution < 1.29 is 31.4 Å². The summed E-state index contributed by atoms with van der Waals surface area (Å²) in [6.07, 6.45) is 0. The average Bonchev–Trinajstić information content (AvgIpc) is 1.86. The van der Waals surface area contributed by atoms with Crippen LogP contribution in [0, 0.1) is 0 Å². The van der Waals surface area contributed by atoms with Gasteiger partial charge in [-0.3, -0.25) is 0 Å². The standard InChI is InChI=1S/C6H6BrO3P.Cu/c7-5-1-3-6(4-2-5)11(8,9)10;/h1-4H,(H2,8,9,10);/q;+2/p-2. The van der Waals surface area contributed by atoms with E-state index < -0.39 is 7.60 Å². The van der Waals surface area contributed by atoms with E-state index in [1.807, 2.05) is 0 Å². The molecule has 0 spiro atoms. The molecule has 1 rings (SSSR count). The molecule has 0 aliphatic rings. The van der Waals surface area contributed by atoms with Crippen LogP contribution in [-0.2, 0) is 21.6 Å². The minimum Gasteiger partial charge on any atom is -0.807 e. The van der Waals surface area contributed by atoms with Gasteiger partial charge in [0, 0.05) is 4.47 Å². The predicted molar refractivity (Wildman–Crippen MR) is 41.4 cm³/mol. The fourth-order valence-corrected chi connectivity index (χ4v) is 1.40. The van der Waals surface area contributed by atoms with Gasteiger partial charge in [0.05, 0.1) is 0 Å². The molecule has 0 saturated heterocycles. The molecule has 0 heterocycles. The summed E-state index contributed by atoms with van der Waals surface area (Å²) in [6, 6.07) is 5.56. The number of rotatable bonds is 1. The molecule has 0 aliphatic heterocycles. The first kappa shape index (κ1) is 12.4. The summed E-state index contributed by atoms with van der Waals surface area (Å²) in [4.78, 5) is 20.8. The first-order chi connectivity index (χ1) is 5.00. The second kappa shape index (κ2) is 4.56. The van der Waals surface area contributed by atoms with Crippen molar-refractivity contribution in [2.75, 3.05) is 0 Å². The van der Waals surface area contributed by atoms with Gasteiger partial charge >= 0.3 is 17.1 Å². The maximum absolute atomic E-state index is 10.4. The normalized spacial score (nSPS) is 10.6. The molecule has 1 aromatic rings. The minimum atomic E-state index is -4.56. The molecule has 0 aromatic heterocycles. The van der Waals surface area contributed by atoms with Crippen molar-refractivity contribution in [1.82, 2.24) is 0 Å². The van der Waals surface area contributed by atoms with Crippen LogP contribution in [0.4, 0.5) is 0 Å². The van der Waals surface area contributed by atoms with E-state index in [0.29, 0.717) is 0 Å². The van der Waals surface area contributed by atoms with Gasteiger partial charge in [0.15, 0.2) is 0 Å². The minimum absolute atomic E-state index is 0. The molecule has 1 aromatic carbocycles. The Hall–Kier alpha value is 0.369. The Bertz CT molecular complexity index is 294. The summed E-state index contributed by atoms with van der Waals surface area (Å²) in [7, 11) is -4.56. The van der Waals surface area contributed by atoms with Crippen molar-refractivity contribution in [3.05, 3.63) is 28.7 Å². The summed E-state index contributed by atoms with van der Waals surface area (Å²) in [5.74, 6) is 0. The van der Waals surface area contributed by atoms with Gasteiger partial charge in [-0.25, -0.2) is 0 Å². The third-order valence-electron chi connectivity index (χ3n) is 1.14. The molecule has 0 N–H and O–H groups in total. The topological polar surface area (TPSA) is 63.2 Å². The van der Waals surface area contributed by atoms with Crippen LogP contribution >= 0.6 is 23.5 Å². The average molecular weight is 299 g/mol. The van der Waals surface area contributed by atoms with Gasteiger partial charge in [-0.05, 0) is 25.0 Å². The van der Waals surface area contributed by atoms with Crippen LogP contribution in [-0.4, -0.2) is 0 Å². The molecule has 0 fully saturated rings. The van der Waals surface area contributed by atoms with Crippen LogP contribution in [0.15, 0.2) is 28.7 Å². The molecule has 0 unspecified atom stereocenters. The third-order valence-corrected chi connectivity index (χ3v) is 2.60. The van der Waals surface area contributed by atoms with Gasteiger partial charge in [0.25, 0.3) is 0 Å². The second-order valence-electron chi connectivity index (χ2n) is 1.97. The molecular formula is C6H4BrCuO3P.